The quantitative estimate of drug-likeness (QED) is 0.164. The molecule has 0 N–H and O–H groups in total. The van der Waals surface area contributed by atoms with Crippen molar-refractivity contribution in [2.45, 2.75) is 117 Å². The molecule has 0 bridgehead atoms. The molecule has 186 valence electrons. The minimum atomic E-state index is -2.28. The normalized spacial score (nSPS) is 11.0. The Hall–Kier alpha value is -2.12. The van der Waals surface area contributed by atoms with E-state index in [1.807, 2.05) is 0 Å². The molecule has 0 aliphatic rings. The first-order valence-corrected chi connectivity index (χ1v) is 12.1. The van der Waals surface area contributed by atoms with Crippen LogP contribution in [-0.4, -0.2) is 48.3 Å². The van der Waals surface area contributed by atoms with Crippen molar-refractivity contribution in [3.63, 3.8) is 0 Å². The highest BCUT2D eigenvalue weighted by Crippen LogP contribution is 2.21. The Balaban J connectivity index is 4.86. The molecule has 0 unspecified atom stereocenters. The van der Waals surface area contributed by atoms with Crippen molar-refractivity contribution in [3.8, 4) is 0 Å². The fourth-order valence-corrected chi connectivity index (χ4v) is 3.05. The maximum absolute atomic E-state index is 12.6. The average molecular weight is 458 g/mol. The van der Waals surface area contributed by atoms with E-state index in [-0.39, 0.29) is 31.7 Å². The molecule has 32 heavy (non-hydrogen) atoms. The number of esters is 3. The molecule has 0 heterocycles. The van der Waals surface area contributed by atoms with E-state index in [0.717, 1.165) is 19.3 Å². The largest absolute Gasteiger partial charge is 0.442 e. The molecular weight excluding hydrogens is 414 g/mol. The van der Waals surface area contributed by atoms with Gasteiger partial charge in [0.2, 0.25) is 5.91 Å². The predicted octanol–water partition coefficient (Wildman–Crippen LogP) is 4.88. The summed E-state index contributed by atoms with van der Waals surface area (Å²) in [5, 5.41) is 0. The van der Waals surface area contributed by atoms with Crippen LogP contribution in [0.4, 0.5) is 0 Å². The maximum atomic E-state index is 12.6. The molecule has 0 fully saturated rings. The topological polar surface area (TPSA) is 99.2 Å². The molecule has 0 aromatic rings. The lowest BCUT2D eigenvalue weighted by atomic mass is 10.1. The van der Waals surface area contributed by atoms with E-state index in [0.29, 0.717) is 6.42 Å². The number of likely N-dealkylation sites (N-methyl/N-ethyl adjacent to an activating group) is 1. The third-order valence-electron chi connectivity index (χ3n) is 5.02. The molecular formula is C24H43NO7. The minimum absolute atomic E-state index is 0.00872. The summed E-state index contributed by atoms with van der Waals surface area (Å²) in [7, 11) is 1.50. The second kappa shape index (κ2) is 17.4. The number of hydrogen-bond acceptors (Lipinski definition) is 7. The van der Waals surface area contributed by atoms with Crippen molar-refractivity contribution in [3.05, 3.63) is 0 Å². The smallest absolute Gasteiger partial charge is 0.387 e. The number of unbranched alkanes of at least 4 members (excludes halogenated alkanes) is 8. The first-order chi connectivity index (χ1) is 15.2. The highest BCUT2D eigenvalue weighted by Gasteiger charge is 2.45. The third-order valence-corrected chi connectivity index (χ3v) is 5.02. The molecule has 0 rings (SSSR count). The van der Waals surface area contributed by atoms with Gasteiger partial charge in [-0.2, -0.15) is 0 Å². The Morgan fingerprint density at radius 2 is 1.00 bits per heavy atom. The van der Waals surface area contributed by atoms with E-state index >= 15 is 0 Å². The van der Waals surface area contributed by atoms with Gasteiger partial charge >= 0.3 is 23.9 Å². The van der Waals surface area contributed by atoms with Crippen LogP contribution in [0.25, 0.3) is 0 Å². The fraction of sp³-hybridized carbons (Fsp3) is 0.833. The average Bonchev–Trinajstić information content (AvgIpc) is 2.77. The van der Waals surface area contributed by atoms with Crippen LogP contribution in [0.3, 0.4) is 0 Å². The van der Waals surface area contributed by atoms with Crippen molar-refractivity contribution in [2.75, 3.05) is 13.6 Å². The van der Waals surface area contributed by atoms with Crippen LogP contribution in [0, 0.1) is 0 Å². The molecule has 0 aliphatic carbocycles. The second-order valence-corrected chi connectivity index (χ2v) is 7.99. The van der Waals surface area contributed by atoms with Crippen molar-refractivity contribution in [2.24, 2.45) is 0 Å². The van der Waals surface area contributed by atoms with E-state index in [9.17, 15) is 19.2 Å². The van der Waals surface area contributed by atoms with Gasteiger partial charge in [-0.15, -0.1) is 0 Å². The van der Waals surface area contributed by atoms with E-state index in [1.54, 1.807) is 20.8 Å². The van der Waals surface area contributed by atoms with Crippen LogP contribution >= 0.6 is 0 Å². The zero-order chi connectivity index (χ0) is 24.4. The summed E-state index contributed by atoms with van der Waals surface area (Å²) in [6.45, 7) is 6.51. The molecule has 0 aliphatic heterocycles. The number of ether oxygens (including phenoxy) is 3. The molecule has 1 amide bonds. The lowest BCUT2D eigenvalue weighted by molar-refractivity contribution is -0.332. The molecule has 8 heteroatoms. The number of carbonyl (C=O) groups excluding carboxylic acids is 4. The van der Waals surface area contributed by atoms with Crippen LogP contribution in [0.15, 0.2) is 0 Å². The highest BCUT2D eigenvalue weighted by molar-refractivity contribution is 5.77. The van der Waals surface area contributed by atoms with Crippen molar-refractivity contribution >= 4 is 23.8 Å². The van der Waals surface area contributed by atoms with Gasteiger partial charge in [0.15, 0.2) is 0 Å². The minimum Gasteiger partial charge on any atom is -0.387 e. The molecule has 0 aromatic carbocycles. The molecule has 0 saturated carbocycles. The van der Waals surface area contributed by atoms with Crippen molar-refractivity contribution < 1.29 is 33.4 Å². The lowest BCUT2D eigenvalue weighted by Gasteiger charge is -2.34. The monoisotopic (exact) mass is 457 g/mol. The van der Waals surface area contributed by atoms with Crippen molar-refractivity contribution in [1.82, 2.24) is 4.90 Å². The Bertz CT molecular complexity index is 531. The Morgan fingerprint density at radius 3 is 1.38 bits per heavy atom. The Labute approximate surface area is 193 Å². The number of amides is 1. The van der Waals surface area contributed by atoms with Crippen LogP contribution in [0.1, 0.15) is 111 Å². The summed E-state index contributed by atoms with van der Waals surface area (Å²) in [6.07, 6.45) is 10.5. The van der Waals surface area contributed by atoms with Gasteiger partial charge in [-0.25, -0.2) is 0 Å². The Morgan fingerprint density at radius 1 is 0.625 bits per heavy atom. The summed E-state index contributed by atoms with van der Waals surface area (Å²) in [5.41, 5.74) is 0. The van der Waals surface area contributed by atoms with E-state index < -0.39 is 23.9 Å². The number of hydrogen-bond donors (Lipinski definition) is 0. The summed E-state index contributed by atoms with van der Waals surface area (Å²) in [6, 6.07) is 0. The van der Waals surface area contributed by atoms with Gasteiger partial charge < -0.3 is 19.1 Å². The third kappa shape index (κ3) is 13.3. The van der Waals surface area contributed by atoms with Crippen LogP contribution < -0.4 is 0 Å². The Kier molecular flexibility index (Phi) is 16.3. The zero-order valence-corrected chi connectivity index (χ0v) is 20.7. The molecule has 8 nitrogen and oxygen atoms in total. The molecule has 0 spiro atoms. The maximum Gasteiger partial charge on any atom is 0.442 e. The zero-order valence-electron chi connectivity index (χ0n) is 20.7. The first kappa shape index (κ1) is 29.9. The SMILES string of the molecule is CCCCCCCCCCCC(=O)N(C)CC(OC(=O)CC)(OC(=O)CC)OC(=O)CC. The molecule has 0 atom stereocenters. The molecule has 0 radical (unpaired) electrons. The number of carbonyl (C=O) groups is 4. The van der Waals surface area contributed by atoms with E-state index in [4.69, 9.17) is 14.2 Å². The van der Waals surface area contributed by atoms with Crippen LogP contribution in [-0.2, 0) is 33.4 Å². The van der Waals surface area contributed by atoms with E-state index in [2.05, 4.69) is 6.92 Å². The highest BCUT2D eigenvalue weighted by atomic mass is 16.9. The number of nitrogens with zero attached hydrogens (tertiary/aromatic N) is 1. The van der Waals surface area contributed by atoms with Gasteiger partial charge in [0.25, 0.3) is 0 Å². The second-order valence-electron chi connectivity index (χ2n) is 7.99. The molecule has 0 aromatic heterocycles. The summed E-state index contributed by atoms with van der Waals surface area (Å²) < 4.78 is 15.7. The van der Waals surface area contributed by atoms with Gasteiger partial charge in [0, 0.05) is 32.7 Å². The van der Waals surface area contributed by atoms with Gasteiger partial charge in [-0.3, -0.25) is 19.2 Å². The predicted molar refractivity (Wildman–Crippen MR) is 121 cm³/mol. The van der Waals surface area contributed by atoms with Crippen molar-refractivity contribution in [1.29, 1.82) is 0 Å². The summed E-state index contributed by atoms with van der Waals surface area (Å²) in [5.74, 6) is -4.62. The fourth-order valence-electron chi connectivity index (χ4n) is 3.05. The molecule has 0 saturated heterocycles. The van der Waals surface area contributed by atoms with Gasteiger partial charge in [-0.05, 0) is 6.42 Å². The summed E-state index contributed by atoms with van der Waals surface area (Å²) in [4.78, 5) is 49.8. The van der Waals surface area contributed by atoms with Gasteiger partial charge in [0.05, 0.1) is 0 Å². The van der Waals surface area contributed by atoms with E-state index in [1.165, 1.54) is 50.5 Å². The van der Waals surface area contributed by atoms with Gasteiger partial charge in [-0.1, -0.05) is 79.1 Å². The summed E-state index contributed by atoms with van der Waals surface area (Å²) >= 11 is 0. The van der Waals surface area contributed by atoms with Gasteiger partial charge in [0.1, 0.15) is 6.54 Å². The lowest BCUT2D eigenvalue weighted by Crippen LogP contribution is -2.53. The standard InChI is InChI=1S/C24H43NO7/c1-6-10-11-12-13-14-15-16-17-18-20(26)25(5)19-24(30-21(27)7-2,31-22(28)8-3)32-23(29)9-4/h6-19H2,1-5H3. The first-order valence-electron chi connectivity index (χ1n) is 12.1. The van der Waals surface area contributed by atoms with Crippen LogP contribution in [0.5, 0.6) is 0 Å². The van der Waals surface area contributed by atoms with Crippen LogP contribution in [0.2, 0.25) is 0 Å². The number of rotatable bonds is 18.